The Kier molecular flexibility index (Phi) is 3.50. The van der Waals surface area contributed by atoms with E-state index in [9.17, 15) is 0 Å². The summed E-state index contributed by atoms with van der Waals surface area (Å²) in [6, 6.07) is 8.45. The molecule has 16 heavy (non-hydrogen) atoms. The third-order valence-electron chi connectivity index (χ3n) is 3.17. The van der Waals surface area contributed by atoms with Crippen molar-refractivity contribution in [3.63, 3.8) is 0 Å². The van der Waals surface area contributed by atoms with Crippen molar-refractivity contribution in [3.8, 4) is 5.75 Å². The topological polar surface area (TPSA) is 21.3 Å². The Balaban J connectivity index is 2.10. The molecule has 0 heterocycles. The molecule has 0 spiro atoms. The molecule has 1 unspecified atom stereocenters. The van der Waals surface area contributed by atoms with Gasteiger partial charge >= 0.3 is 0 Å². The molecular formula is C14H19NO. The first-order valence-electron chi connectivity index (χ1n) is 5.88. The molecule has 0 aliphatic heterocycles. The molecule has 2 rings (SSSR count). The van der Waals surface area contributed by atoms with Crippen molar-refractivity contribution in [2.24, 2.45) is 0 Å². The fourth-order valence-corrected chi connectivity index (χ4v) is 2.20. The maximum absolute atomic E-state index is 5.33. The Bertz CT molecular complexity index is 373. The molecule has 0 amide bonds. The van der Waals surface area contributed by atoms with Gasteiger partial charge in [-0.2, -0.15) is 0 Å². The largest absolute Gasteiger partial charge is 0.495 e. The summed E-state index contributed by atoms with van der Waals surface area (Å²) in [6.45, 7) is 4.14. The fourth-order valence-electron chi connectivity index (χ4n) is 2.20. The molecule has 0 radical (unpaired) electrons. The van der Waals surface area contributed by atoms with Gasteiger partial charge < -0.3 is 10.1 Å². The molecule has 0 bridgehead atoms. The predicted octanol–water partition coefficient (Wildman–Crippen LogP) is 3.61. The predicted molar refractivity (Wildman–Crippen MR) is 68.0 cm³/mol. The Morgan fingerprint density at radius 3 is 2.88 bits per heavy atom. The number of benzene rings is 1. The lowest BCUT2D eigenvalue weighted by Gasteiger charge is -2.27. The SMILES string of the molecule is C=C1CCCCC1Nc1ccccc1OC. The quantitative estimate of drug-likeness (QED) is 0.781. The van der Waals surface area contributed by atoms with Gasteiger partial charge in [0.1, 0.15) is 5.75 Å². The second kappa shape index (κ2) is 5.06. The molecule has 1 aromatic carbocycles. The van der Waals surface area contributed by atoms with Crippen molar-refractivity contribution in [2.45, 2.75) is 31.7 Å². The number of methoxy groups -OCH3 is 1. The molecule has 1 aliphatic carbocycles. The second-order valence-corrected chi connectivity index (χ2v) is 4.30. The third-order valence-corrected chi connectivity index (χ3v) is 3.17. The zero-order valence-corrected chi connectivity index (χ0v) is 9.83. The number of nitrogens with one attached hydrogen (secondary N) is 1. The number of rotatable bonds is 3. The van der Waals surface area contributed by atoms with Gasteiger partial charge in [-0.3, -0.25) is 0 Å². The van der Waals surface area contributed by atoms with Crippen LogP contribution in [-0.4, -0.2) is 13.2 Å². The van der Waals surface area contributed by atoms with Gasteiger partial charge in [0.05, 0.1) is 12.8 Å². The van der Waals surface area contributed by atoms with E-state index in [0.717, 1.165) is 17.9 Å². The van der Waals surface area contributed by atoms with Gasteiger partial charge in [-0.1, -0.05) is 30.7 Å². The van der Waals surface area contributed by atoms with Crippen molar-refractivity contribution < 1.29 is 4.74 Å². The van der Waals surface area contributed by atoms with Crippen LogP contribution in [0.2, 0.25) is 0 Å². The highest BCUT2D eigenvalue weighted by Gasteiger charge is 2.17. The Labute approximate surface area is 97.3 Å². The summed E-state index contributed by atoms with van der Waals surface area (Å²) >= 11 is 0. The van der Waals surface area contributed by atoms with Crippen molar-refractivity contribution in [1.82, 2.24) is 0 Å². The van der Waals surface area contributed by atoms with Gasteiger partial charge in [-0.05, 0) is 31.4 Å². The van der Waals surface area contributed by atoms with Crippen molar-refractivity contribution in [1.29, 1.82) is 0 Å². The van der Waals surface area contributed by atoms with E-state index in [-0.39, 0.29) is 0 Å². The van der Waals surface area contributed by atoms with Crippen LogP contribution in [0.3, 0.4) is 0 Å². The molecule has 0 aromatic heterocycles. The number of anilines is 1. The minimum absolute atomic E-state index is 0.407. The number of hydrogen-bond donors (Lipinski definition) is 1. The van der Waals surface area contributed by atoms with Crippen LogP contribution in [0.5, 0.6) is 5.75 Å². The van der Waals surface area contributed by atoms with Crippen LogP contribution in [0.25, 0.3) is 0 Å². The van der Waals surface area contributed by atoms with E-state index in [1.54, 1.807) is 7.11 Å². The lowest BCUT2D eigenvalue weighted by molar-refractivity contribution is 0.415. The molecule has 2 heteroatoms. The molecule has 1 saturated carbocycles. The minimum atomic E-state index is 0.407. The smallest absolute Gasteiger partial charge is 0.141 e. The van der Waals surface area contributed by atoms with E-state index in [1.807, 2.05) is 18.2 Å². The third kappa shape index (κ3) is 2.38. The zero-order chi connectivity index (χ0) is 11.4. The normalized spacial score (nSPS) is 20.6. The van der Waals surface area contributed by atoms with Crippen LogP contribution in [0.15, 0.2) is 36.4 Å². The second-order valence-electron chi connectivity index (χ2n) is 4.30. The molecular weight excluding hydrogens is 198 g/mol. The summed E-state index contributed by atoms with van der Waals surface area (Å²) in [7, 11) is 1.70. The average Bonchev–Trinajstić information content (AvgIpc) is 2.33. The van der Waals surface area contributed by atoms with Crippen LogP contribution >= 0.6 is 0 Å². The van der Waals surface area contributed by atoms with Crippen LogP contribution in [0, 0.1) is 0 Å². The Morgan fingerprint density at radius 2 is 2.12 bits per heavy atom. The minimum Gasteiger partial charge on any atom is -0.495 e. The fraction of sp³-hybridized carbons (Fsp3) is 0.429. The highest BCUT2D eigenvalue weighted by atomic mass is 16.5. The van der Waals surface area contributed by atoms with Crippen LogP contribution in [0.1, 0.15) is 25.7 Å². The van der Waals surface area contributed by atoms with E-state index in [4.69, 9.17) is 4.74 Å². The Morgan fingerprint density at radius 1 is 1.31 bits per heavy atom. The zero-order valence-electron chi connectivity index (χ0n) is 9.83. The summed E-state index contributed by atoms with van der Waals surface area (Å²) in [5, 5.41) is 3.53. The molecule has 2 nitrogen and oxygen atoms in total. The summed E-state index contributed by atoms with van der Waals surface area (Å²) in [5.41, 5.74) is 2.38. The summed E-state index contributed by atoms with van der Waals surface area (Å²) in [6.07, 6.45) is 4.89. The highest BCUT2D eigenvalue weighted by Crippen LogP contribution is 2.29. The van der Waals surface area contributed by atoms with Gasteiger partial charge in [0.2, 0.25) is 0 Å². The Hall–Kier alpha value is -1.44. The van der Waals surface area contributed by atoms with E-state index < -0.39 is 0 Å². The van der Waals surface area contributed by atoms with E-state index >= 15 is 0 Å². The van der Waals surface area contributed by atoms with Gasteiger partial charge in [-0.25, -0.2) is 0 Å². The van der Waals surface area contributed by atoms with Gasteiger partial charge in [-0.15, -0.1) is 0 Å². The monoisotopic (exact) mass is 217 g/mol. The lowest BCUT2D eigenvalue weighted by Crippen LogP contribution is -2.24. The molecule has 1 aliphatic rings. The number of ether oxygens (including phenoxy) is 1. The molecule has 1 fully saturated rings. The first kappa shape index (κ1) is 11.1. The molecule has 1 N–H and O–H groups in total. The average molecular weight is 217 g/mol. The van der Waals surface area contributed by atoms with Gasteiger partial charge in [0.15, 0.2) is 0 Å². The molecule has 86 valence electrons. The first-order valence-corrected chi connectivity index (χ1v) is 5.88. The lowest BCUT2D eigenvalue weighted by atomic mass is 9.91. The first-order chi connectivity index (χ1) is 7.81. The highest BCUT2D eigenvalue weighted by molar-refractivity contribution is 5.57. The maximum atomic E-state index is 5.33. The summed E-state index contributed by atoms with van der Waals surface area (Å²) in [4.78, 5) is 0. The summed E-state index contributed by atoms with van der Waals surface area (Å²) < 4.78 is 5.33. The standard InChI is InChI=1S/C14H19NO/c1-11-7-3-4-8-12(11)15-13-9-5-6-10-14(13)16-2/h5-6,9-10,12,15H,1,3-4,7-8H2,2H3. The number of hydrogen-bond acceptors (Lipinski definition) is 2. The molecule has 0 saturated heterocycles. The van der Waals surface area contributed by atoms with E-state index in [0.29, 0.717) is 6.04 Å². The van der Waals surface area contributed by atoms with Crippen molar-refractivity contribution in [2.75, 3.05) is 12.4 Å². The molecule has 1 aromatic rings. The summed E-state index contributed by atoms with van der Waals surface area (Å²) in [5.74, 6) is 0.904. The van der Waals surface area contributed by atoms with Gasteiger partial charge in [0.25, 0.3) is 0 Å². The van der Waals surface area contributed by atoms with E-state index in [1.165, 1.54) is 24.8 Å². The van der Waals surface area contributed by atoms with E-state index in [2.05, 4.69) is 18.0 Å². The van der Waals surface area contributed by atoms with Crippen molar-refractivity contribution in [3.05, 3.63) is 36.4 Å². The van der Waals surface area contributed by atoms with Crippen molar-refractivity contribution >= 4 is 5.69 Å². The van der Waals surface area contributed by atoms with Crippen LogP contribution in [-0.2, 0) is 0 Å². The van der Waals surface area contributed by atoms with Crippen LogP contribution in [0.4, 0.5) is 5.69 Å². The van der Waals surface area contributed by atoms with Gasteiger partial charge in [0, 0.05) is 6.04 Å². The molecule has 1 atom stereocenters. The maximum Gasteiger partial charge on any atom is 0.141 e. The van der Waals surface area contributed by atoms with Crippen LogP contribution < -0.4 is 10.1 Å². The number of para-hydroxylation sites is 2.